The number of hydrogen-bond donors (Lipinski definition) is 0. The molecule has 0 N–H and O–H groups in total. The Morgan fingerprint density at radius 1 is 1.20 bits per heavy atom. The minimum absolute atomic E-state index is 0.713. The van der Waals surface area contributed by atoms with Crippen molar-refractivity contribution >= 4 is 17.6 Å². The summed E-state index contributed by atoms with van der Waals surface area (Å²) in [7, 11) is 5.02. The molecule has 0 unspecified atom stereocenters. The fourth-order valence-electron chi connectivity index (χ4n) is 2.33. The van der Waals surface area contributed by atoms with E-state index >= 15 is 0 Å². The summed E-state index contributed by atoms with van der Waals surface area (Å²) < 4.78 is 12.6. The molecule has 0 aliphatic heterocycles. The summed E-state index contributed by atoms with van der Waals surface area (Å²) in [6.07, 6.45) is 5.25. The molecule has 0 amide bonds. The molecule has 0 aliphatic rings. The van der Waals surface area contributed by atoms with Crippen LogP contribution in [0.2, 0.25) is 0 Å². The summed E-state index contributed by atoms with van der Waals surface area (Å²) in [5.74, 6) is 1.45. The normalized spacial score (nSPS) is 11.9. The SMILES string of the molecule is CN=c1scc(-c2ccc(OC)cc2OC)n1/N=C\c1cccnc1. The lowest BCUT2D eigenvalue weighted by Crippen LogP contribution is -2.11. The first-order valence-electron chi connectivity index (χ1n) is 7.57. The maximum absolute atomic E-state index is 5.52. The average Bonchev–Trinajstić information content (AvgIpc) is 3.09. The third-order valence-corrected chi connectivity index (χ3v) is 4.48. The number of pyridine rings is 1. The number of rotatable bonds is 5. The number of benzene rings is 1. The Balaban J connectivity index is 2.10. The number of aromatic nitrogens is 2. The van der Waals surface area contributed by atoms with Crippen molar-refractivity contribution in [2.75, 3.05) is 21.3 Å². The summed E-state index contributed by atoms with van der Waals surface area (Å²) in [6, 6.07) is 9.52. The summed E-state index contributed by atoms with van der Waals surface area (Å²) >= 11 is 1.52. The molecule has 0 saturated carbocycles. The van der Waals surface area contributed by atoms with Gasteiger partial charge >= 0.3 is 0 Å². The molecule has 0 atom stereocenters. The highest BCUT2D eigenvalue weighted by Gasteiger charge is 2.13. The first kappa shape index (κ1) is 16.9. The Bertz CT molecular complexity index is 945. The summed E-state index contributed by atoms with van der Waals surface area (Å²) in [4.78, 5) is 9.19. The van der Waals surface area contributed by atoms with E-state index in [-0.39, 0.29) is 0 Å². The van der Waals surface area contributed by atoms with E-state index in [4.69, 9.17) is 9.47 Å². The molecule has 0 aliphatic carbocycles. The molecule has 2 aromatic heterocycles. The highest BCUT2D eigenvalue weighted by Crippen LogP contribution is 2.33. The van der Waals surface area contributed by atoms with Crippen molar-refractivity contribution in [1.29, 1.82) is 0 Å². The Hall–Kier alpha value is -2.93. The molecule has 3 rings (SSSR count). The van der Waals surface area contributed by atoms with Crippen LogP contribution in [0.5, 0.6) is 11.5 Å². The van der Waals surface area contributed by atoms with Gasteiger partial charge in [-0.2, -0.15) is 5.10 Å². The maximum atomic E-state index is 5.52. The number of hydrogen-bond acceptors (Lipinski definition) is 6. The molecule has 0 fully saturated rings. The molecule has 7 heteroatoms. The second-order valence-electron chi connectivity index (χ2n) is 5.04. The van der Waals surface area contributed by atoms with E-state index in [1.54, 1.807) is 44.6 Å². The van der Waals surface area contributed by atoms with E-state index in [1.807, 2.05) is 35.7 Å². The van der Waals surface area contributed by atoms with E-state index in [9.17, 15) is 0 Å². The second kappa shape index (κ2) is 7.76. The van der Waals surface area contributed by atoms with Gasteiger partial charge in [-0.05, 0) is 18.2 Å². The van der Waals surface area contributed by atoms with Crippen LogP contribution in [0.25, 0.3) is 11.3 Å². The molecule has 1 aromatic carbocycles. The van der Waals surface area contributed by atoms with Gasteiger partial charge in [0, 0.05) is 42.0 Å². The molecule has 128 valence electrons. The van der Waals surface area contributed by atoms with Crippen molar-refractivity contribution in [1.82, 2.24) is 9.66 Å². The average molecular weight is 354 g/mol. The molecular formula is C18H18N4O2S. The Morgan fingerprint density at radius 3 is 2.76 bits per heavy atom. The molecule has 2 heterocycles. The fraction of sp³-hybridized carbons (Fsp3) is 0.167. The standard InChI is InChI=1S/C18H18N4O2S/c1-19-18-22(21-11-13-5-4-8-20-10-13)16(12-25-18)15-7-6-14(23-2)9-17(15)24-3/h4-12H,1-3H3/b19-18?,21-11-. The largest absolute Gasteiger partial charge is 0.497 e. The molecule has 0 radical (unpaired) electrons. The van der Waals surface area contributed by atoms with Gasteiger partial charge < -0.3 is 9.47 Å². The smallest absolute Gasteiger partial charge is 0.205 e. The van der Waals surface area contributed by atoms with Gasteiger partial charge in [-0.1, -0.05) is 6.07 Å². The second-order valence-corrected chi connectivity index (χ2v) is 5.87. The van der Waals surface area contributed by atoms with Crippen LogP contribution in [0.15, 0.2) is 58.2 Å². The molecule has 3 aromatic rings. The first-order chi connectivity index (χ1) is 12.3. The van der Waals surface area contributed by atoms with E-state index in [2.05, 4.69) is 15.1 Å². The van der Waals surface area contributed by atoms with Gasteiger partial charge in [0.1, 0.15) is 11.5 Å². The molecule has 25 heavy (non-hydrogen) atoms. The zero-order chi connectivity index (χ0) is 17.6. The van der Waals surface area contributed by atoms with E-state index in [0.29, 0.717) is 5.75 Å². The monoisotopic (exact) mass is 354 g/mol. The quantitative estimate of drug-likeness (QED) is 0.662. The van der Waals surface area contributed by atoms with Gasteiger partial charge in [-0.15, -0.1) is 11.3 Å². The number of nitrogens with zero attached hydrogens (tertiary/aromatic N) is 4. The Kier molecular flexibility index (Phi) is 5.25. The minimum Gasteiger partial charge on any atom is -0.497 e. The number of thiazole rings is 1. The van der Waals surface area contributed by atoms with Gasteiger partial charge in [-0.3, -0.25) is 9.98 Å². The van der Waals surface area contributed by atoms with Gasteiger partial charge in [0.25, 0.3) is 0 Å². The highest BCUT2D eigenvalue weighted by atomic mass is 32.1. The summed E-state index contributed by atoms with van der Waals surface area (Å²) in [5, 5.41) is 6.59. The third-order valence-electron chi connectivity index (χ3n) is 3.57. The minimum atomic E-state index is 0.713. The van der Waals surface area contributed by atoms with Crippen LogP contribution < -0.4 is 14.3 Å². The third kappa shape index (κ3) is 3.61. The zero-order valence-electron chi connectivity index (χ0n) is 14.2. The van der Waals surface area contributed by atoms with Crippen LogP contribution in [0.1, 0.15) is 5.56 Å². The maximum Gasteiger partial charge on any atom is 0.205 e. The van der Waals surface area contributed by atoms with Gasteiger partial charge in [0.15, 0.2) is 0 Å². The van der Waals surface area contributed by atoms with Crippen molar-refractivity contribution in [3.8, 4) is 22.8 Å². The summed E-state index contributed by atoms with van der Waals surface area (Å²) in [6.45, 7) is 0. The highest BCUT2D eigenvalue weighted by molar-refractivity contribution is 7.07. The summed E-state index contributed by atoms with van der Waals surface area (Å²) in [5.41, 5.74) is 2.72. The van der Waals surface area contributed by atoms with Gasteiger partial charge in [-0.25, -0.2) is 4.68 Å². The van der Waals surface area contributed by atoms with Crippen LogP contribution in [0.4, 0.5) is 0 Å². The van der Waals surface area contributed by atoms with Gasteiger partial charge in [0.2, 0.25) is 4.80 Å². The van der Waals surface area contributed by atoms with Crippen molar-refractivity contribution in [3.63, 3.8) is 0 Å². The van der Waals surface area contributed by atoms with Crippen molar-refractivity contribution < 1.29 is 9.47 Å². The number of methoxy groups -OCH3 is 2. The van der Waals surface area contributed by atoms with Crippen LogP contribution in [-0.4, -0.2) is 37.1 Å². The lowest BCUT2D eigenvalue weighted by Gasteiger charge is -2.10. The number of ether oxygens (including phenoxy) is 2. The molecular weight excluding hydrogens is 336 g/mol. The molecule has 0 saturated heterocycles. The fourth-order valence-corrected chi connectivity index (χ4v) is 3.13. The van der Waals surface area contributed by atoms with E-state index in [0.717, 1.165) is 27.4 Å². The first-order valence-corrected chi connectivity index (χ1v) is 8.45. The van der Waals surface area contributed by atoms with Crippen molar-refractivity contribution in [2.45, 2.75) is 0 Å². The van der Waals surface area contributed by atoms with Crippen LogP contribution >= 0.6 is 11.3 Å². The molecule has 6 nitrogen and oxygen atoms in total. The van der Waals surface area contributed by atoms with Crippen molar-refractivity contribution in [3.05, 3.63) is 58.5 Å². The Labute approximate surface area is 149 Å². The lowest BCUT2D eigenvalue weighted by molar-refractivity contribution is 0.395. The van der Waals surface area contributed by atoms with Crippen LogP contribution in [0, 0.1) is 0 Å². The van der Waals surface area contributed by atoms with Crippen LogP contribution in [0.3, 0.4) is 0 Å². The topological polar surface area (TPSA) is 61.0 Å². The van der Waals surface area contributed by atoms with Gasteiger partial charge in [0.05, 0.1) is 26.1 Å². The lowest BCUT2D eigenvalue weighted by atomic mass is 10.1. The predicted octanol–water partition coefficient (Wildman–Crippen LogP) is 3.04. The Morgan fingerprint density at radius 2 is 2.08 bits per heavy atom. The molecule has 0 spiro atoms. The van der Waals surface area contributed by atoms with E-state index < -0.39 is 0 Å². The van der Waals surface area contributed by atoms with Crippen molar-refractivity contribution in [2.24, 2.45) is 10.1 Å². The molecule has 0 bridgehead atoms. The van der Waals surface area contributed by atoms with E-state index in [1.165, 1.54) is 11.3 Å². The predicted molar refractivity (Wildman–Crippen MR) is 99.6 cm³/mol. The zero-order valence-corrected chi connectivity index (χ0v) is 15.0. The van der Waals surface area contributed by atoms with Crippen LogP contribution in [-0.2, 0) is 0 Å².